The normalized spacial score (nSPS) is 11.0. The summed E-state index contributed by atoms with van der Waals surface area (Å²) < 4.78 is 47.7. The van der Waals surface area contributed by atoms with Crippen molar-refractivity contribution in [1.29, 1.82) is 0 Å². The molecule has 25 heavy (non-hydrogen) atoms. The van der Waals surface area contributed by atoms with Crippen molar-refractivity contribution in [3.05, 3.63) is 65.2 Å². The minimum absolute atomic E-state index is 0.164. The van der Waals surface area contributed by atoms with Gasteiger partial charge in [-0.15, -0.1) is 0 Å². The second-order valence-electron chi connectivity index (χ2n) is 5.19. The lowest BCUT2D eigenvalue weighted by Crippen LogP contribution is -2.16. The van der Waals surface area contributed by atoms with Crippen LogP contribution in [0.5, 0.6) is 5.75 Å². The molecule has 0 spiro atoms. The number of carbonyl (C=O) groups is 2. The zero-order valence-electron chi connectivity index (χ0n) is 13.3. The van der Waals surface area contributed by atoms with Crippen LogP contribution in [0.1, 0.15) is 21.5 Å². The monoisotopic (exact) mass is 352 g/mol. The second-order valence-corrected chi connectivity index (χ2v) is 5.19. The third kappa shape index (κ3) is 5.34. The number of rotatable bonds is 6. The predicted octanol–water partition coefficient (Wildman–Crippen LogP) is 3.68. The molecule has 2 rings (SSSR count). The molecule has 2 aromatic carbocycles. The SMILES string of the molecule is COc1ccc(C(=O)COC(=O)Cc2cccc(C(F)(F)F)c2)cc1. The second kappa shape index (κ2) is 7.83. The molecule has 2 aromatic rings. The van der Waals surface area contributed by atoms with E-state index >= 15 is 0 Å². The molecule has 0 aromatic heterocycles. The highest BCUT2D eigenvalue weighted by molar-refractivity contribution is 5.98. The molecule has 0 bridgehead atoms. The zero-order valence-corrected chi connectivity index (χ0v) is 13.3. The molecule has 0 unspecified atom stereocenters. The average molecular weight is 352 g/mol. The van der Waals surface area contributed by atoms with Crippen LogP contribution in [0.25, 0.3) is 0 Å². The van der Waals surface area contributed by atoms with Gasteiger partial charge < -0.3 is 9.47 Å². The van der Waals surface area contributed by atoms with E-state index in [1.807, 2.05) is 0 Å². The molecule has 0 radical (unpaired) electrons. The Morgan fingerprint density at radius 2 is 1.72 bits per heavy atom. The molecule has 0 aliphatic carbocycles. The first-order chi connectivity index (χ1) is 11.8. The van der Waals surface area contributed by atoms with Crippen molar-refractivity contribution in [1.82, 2.24) is 0 Å². The Kier molecular flexibility index (Phi) is 5.80. The standard InChI is InChI=1S/C18H15F3O4/c1-24-15-7-5-13(6-8-15)16(22)11-25-17(23)10-12-3-2-4-14(9-12)18(19,20)21/h2-9H,10-11H2,1H3. The van der Waals surface area contributed by atoms with Gasteiger partial charge in [0.25, 0.3) is 0 Å². The van der Waals surface area contributed by atoms with Crippen molar-refractivity contribution in [2.45, 2.75) is 12.6 Å². The number of hydrogen-bond acceptors (Lipinski definition) is 4. The van der Waals surface area contributed by atoms with E-state index in [1.54, 1.807) is 12.1 Å². The molecule has 0 aliphatic heterocycles. The fourth-order valence-corrected chi connectivity index (χ4v) is 2.08. The maximum absolute atomic E-state index is 12.6. The lowest BCUT2D eigenvalue weighted by molar-refractivity contribution is -0.142. The fraction of sp³-hybridized carbons (Fsp3) is 0.222. The van der Waals surface area contributed by atoms with Crippen molar-refractivity contribution >= 4 is 11.8 Å². The van der Waals surface area contributed by atoms with Crippen LogP contribution in [0.15, 0.2) is 48.5 Å². The van der Waals surface area contributed by atoms with Crippen LogP contribution < -0.4 is 4.74 Å². The van der Waals surface area contributed by atoms with Crippen LogP contribution in [0.4, 0.5) is 13.2 Å². The highest BCUT2D eigenvalue weighted by Gasteiger charge is 2.30. The highest BCUT2D eigenvalue weighted by atomic mass is 19.4. The number of methoxy groups -OCH3 is 1. The summed E-state index contributed by atoms with van der Waals surface area (Å²) in [6.45, 7) is -0.482. The molecule has 0 saturated carbocycles. The summed E-state index contributed by atoms with van der Waals surface area (Å²) >= 11 is 0. The van der Waals surface area contributed by atoms with E-state index in [0.717, 1.165) is 12.1 Å². The number of ketones is 1. The Hall–Kier alpha value is -2.83. The lowest BCUT2D eigenvalue weighted by atomic mass is 10.1. The van der Waals surface area contributed by atoms with E-state index in [-0.39, 0.29) is 12.0 Å². The number of ether oxygens (including phenoxy) is 2. The Bertz CT molecular complexity index is 752. The van der Waals surface area contributed by atoms with Crippen LogP contribution >= 0.6 is 0 Å². The molecular formula is C18H15F3O4. The van der Waals surface area contributed by atoms with Crippen molar-refractivity contribution in [3.63, 3.8) is 0 Å². The topological polar surface area (TPSA) is 52.6 Å². The van der Waals surface area contributed by atoms with Crippen molar-refractivity contribution < 1.29 is 32.2 Å². The largest absolute Gasteiger partial charge is 0.497 e. The Morgan fingerprint density at radius 1 is 1.04 bits per heavy atom. The van der Waals surface area contributed by atoms with Crippen LogP contribution in [0.2, 0.25) is 0 Å². The summed E-state index contributed by atoms with van der Waals surface area (Å²) in [6, 6.07) is 10.7. The quantitative estimate of drug-likeness (QED) is 0.588. The third-order valence-electron chi connectivity index (χ3n) is 3.38. The van der Waals surface area contributed by atoms with Gasteiger partial charge in [-0.1, -0.05) is 18.2 Å². The van der Waals surface area contributed by atoms with Crippen molar-refractivity contribution in [2.75, 3.05) is 13.7 Å². The molecule has 0 atom stereocenters. The van der Waals surface area contributed by atoms with E-state index in [4.69, 9.17) is 9.47 Å². The number of carbonyl (C=O) groups excluding carboxylic acids is 2. The minimum Gasteiger partial charge on any atom is -0.497 e. The summed E-state index contributed by atoms with van der Waals surface area (Å²) in [5.41, 5.74) is -0.337. The van der Waals surface area contributed by atoms with Gasteiger partial charge in [0.2, 0.25) is 0 Å². The molecule has 0 fully saturated rings. The first kappa shape index (κ1) is 18.5. The number of alkyl halides is 3. The van der Waals surface area contributed by atoms with Gasteiger partial charge in [0.1, 0.15) is 5.75 Å². The molecule has 0 saturated heterocycles. The highest BCUT2D eigenvalue weighted by Crippen LogP contribution is 2.29. The van der Waals surface area contributed by atoms with Gasteiger partial charge in [-0.3, -0.25) is 9.59 Å². The van der Waals surface area contributed by atoms with Crippen LogP contribution in [-0.2, 0) is 22.1 Å². The molecule has 4 nitrogen and oxygen atoms in total. The summed E-state index contributed by atoms with van der Waals surface area (Å²) in [7, 11) is 1.49. The molecule has 0 aliphatic rings. The smallest absolute Gasteiger partial charge is 0.416 e. The molecule has 7 heteroatoms. The number of benzene rings is 2. The molecule has 0 N–H and O–H groups in total. The van der Waals surface area contributed by atoms with Gasteiger partial charge in [0, 0.05) is 5.56 Å². The van der Waals surface area contributed by atoms with Gasteiger partial charge in [-0.2, -0.15) is 13.2 Å². The minimum atomic E-state index is -4.48. The summed E-state index contributed by atoms with van der Waals surface area (Å²) in [5.74, 6) is -0.612. The van der Waals surface area contributed by atoms with Gasteiger partial charge in [-0.25, -0.2) is 0 Å². The first-order valence-electron chi connectivity index (χ1n) is 7.28. The van der Waals surface area contributed by atoms with Gasteiger partial charge in [-0.05, 0) is 35.9 Å². The maximum atomic E-state index is 12.6. The Morgan fingerprint density at radius 3 is 2.32 bits per heavy atom. The van der Waals surface area contributed by atoms with Crippen LogP contribution in [-0.4, -0.2) is 25.5 Å². The molecular weight excluding hydrogens is 337 g/mol. The van der Waals surface area contributed by atoms with Gasteiger partial charge >= 0.3 is 12.1 Å². The van der Waals surface area contributed by atoms with E-state index in [9.17, 15) is 22.8 Å². The number of Topliss-reactive ketones (excluding diaryl/α,β-unsaturated/α-hetero) is 1. The lowest BCUT2D eigenvalue weighted by Gasteiger charge is -2.09. The van der Waals surface area contributed by atoms with Crippen LogP contribution in [0, 0.1) is 0 Å². The fourth-order valence-electron chi connectivity index (χ4n) is 2.08. The Balaban J connectivity index is 1.91. The first-order valence-corrected chi connectivity index (χ1v) is 7.28. The molecule has 132 valence electrons. The van der Waals surface area contributed by atoms with Crippen molar-refractivity contribution in [2.24, 2.45) is 0 Å². The Labute approximate surface area is 142 Å². The summed E-state index contributed by atoms with van der Waals surface area (Å²) in [6.07, 6.45) is -4.83. The van der Waals surface area contributed by atoms with Gasteiger partial charge in [0.05, 0.1) is 19.1 Å². The average Bonchev–Trinajstić information content (AvgIpc) is 2.59. The van der Waals surface area contributed by atoms with E-state index < -0.39 is 30.1 Å². The molecule has 0 heterocycles. The van der Waals surface area contributed by atoms with E-state index in [2.05, 4.69) is 0 Å². The number of halogens is 3. The van der Waals surface area contributed by atoms with E-state index in [1.165, 1.54) is 31.4 Å². The van der Waals surface area contributed by atoms with Crippen LogP contribution in [0.3, 0.4) is 0 Å². The third-order valence-corrected chi connectivity index (χ3v) is 3.38. The van der Waals surface area contributed by atoms with E-state index in [0.29, 0.717) is 11.3 Å². The zero-order chi connectivity index (χ0) is 18.4. The predicted molar refractivity (Wildman–Crippen MR) is 83.4 cm³/mol. The summed E-state index contributed by atoms with van der Waals surface area (Å²) in [4.78, 5) is 23.7. The number of esters is 1. The van der Waals surface area contributed by atoms with Crippen molar-refractivity contribution in [3.8, 4) is 5.75 Å². The van der Waals surface area contributed by atoms with Gasteiger partial charge in [0.15, 0.2) is 12.4 Å². The maximum Gasteiger partial charge on any atom is 0.416 e. The summed E-state index contributed by atoms with van der Waals surface area (Å²) in [5, 5.41) is 0. The molecule has 0 amide bonds. The number of hydrogen-bond donors (Lipinski definition) is 0.